The van der Waals surface area contributed by atoms with Crippen molar-refractivity contribution >= 4 is 60.8 Å². The quantitative estimate of drug-likeness (QED) is 0.625. The van der Waals surface area contributed by atoms with E-state index in [0.717, 1.165) is 0 Å². The molecule has 8 heteroatoms. The third kappa shape index (κ3) is 4.26. The molecular formula is C9H9BrCl3NO2S. The molecule has 0 unspecified atom stereocenters. The van der Waals surface area contributed by atoms with Crippen molar-refractivity contribution < 1.29 is 8.42 Å². The van der Waals surface area contributed by atoms with Crippen LogP contribution in [0.5, 0.6) is 0 Å². The topological polar surface area (TPSA) is 46.2 Å². The maximum Gasteiger partial charge on any atom is 0.243 e. The van der Waals surface area contributed by atoms with Gasteiger partial charge in [-0.2, -0.15) is 0 Å². The van der Waals surface area contributed by atoms with Crippen molar-refractivity contribution in [2.45, 2.75) is 11.3 Å². The molecule has 0 spiro atoms. The van der Waals surface area contributed by atoms with Crippen LogP contribution < -0.4 is 4.72 Å². The van der Waals surface area contributed by atoms with Crippen LogP contribution in [0.25, 0.3) is 0 Å². The second-order valence-electron chi connectivity index (χ2n) is 3.14. The van der Waals surface area contributed by atoms with Crippen LogP contribution in [0, 0.1) is 0 Å². The predicted molar refractivity (Wildman–Crippen MR) is 74.7 cm³/mol. The minimum absolute atomic E-state index is 0.0720. The van der Waals surface area contributed by atoms with E-state index in [1.807, 2.05) is 0 Å². The van der Waals surface area contributed by atoms with Gasteiger partial charge < -0.3 is 0 Å². The zero-order valence-corrected chi connectivity index (χ0v) is 13.2. The molecule has 1 aromatic carbocycles. The van der Waals surface area contributed by atoms with Crippen LogP contribution in [0.3, 0.4) is 0 Å². The Morgan fingerprint density at radius 2 is 1.76 bits per heavy atom. The van der Waals surface area contributed by atoms with Crippen LogP contribution in [-0.4, -0.2) is 20.8 Å². The van der Waals surface area contributed by atoms with E-state index < -0.39 is 10.0 Å². The highest BCUT2D eigenvalue weighted by molar-refractivity contribution is 9.10. The molecular weight excluding hydrogens is 372 g/mol. The number of nitrogens with one attached hydrogen (secondary N) is 1. The van der Waals surface area contributed by atoms with Crippen LogP contribution in [0.2, 0.25) is 10.0 Å². The second kappa shape index (κ2) is 6.59. The number of alkyl halides is 1. The van der Waals surface area contributed by atoms with E-state index in [4.69, 9.17) is 34.8 Å². The standard InChI is InChI=1S/C9H9BrCl3NO2S/c10-6-4-7(12)9(8(13)5-6)17(15,16)14-3-1-2-11/h4-5,14H,1-3H2. The fourth-order valence-electron chi connectivity index (χ4n) is 1.13. The average molecular weight is 382 g/mol. The Morgan fingerprint density at radius 3 is 2.24 bits per heavy atom. The molecule has 1 aromatic rings. The summed E-state index contributed by atoms with van der Waals surface area (Å²) in [4.78, 5) is -0.112. The molecule has 0 saturated carbocycles. The number of benzene rings is 1. The van der Waals surface area contributed by atoms with Crippen molar-refractivity contribution in [3.05, 3.63) is 26.7 Å². The van der Waals surface area contributed by atoms with Crippen LogP contribution in [0.1, 0.15) is 6.42 Å². The normalized spacial score (nSPS) is 11.8. The van der Waals surface area contributed by atoms with Gasteiger partial charge in [-0.15, -0.1) is 11.6 Å². The van der Waals surface area contributed by atoms with Gasteiger partial charge in [-0.1, -0.05) is 39.1 Å². The highest BCUT2D eigenvalue weighted by Gasteiger charge is 2.21. The SMILES string of the molecule is O=S(=O)(NCCCCl)c1c(Cl)cc(Br)cc1Cl. The zero-order valence-electron chi connectivity index (χ0n) is 8.51. The minimum atomic E-state index is -3.70. The molecule has 0 atom stereocenters. The summed E-state index contributed by atoms with van der Waals surface area (Å²) in [7, 11) is -3.70. The fraction of sp³-hybridized carbons (Fsp3) is 0.333. The lowest BCUT2D eigenvalue weighted by Crippen LogP contribution is -2.25. The molecule has 0 fully saturated rings. The predicted octanol–water partition coefficient (Wildman–Crippen LogP) is 3.66. The monoisotopic (exact) mass is 379 g/mol. The zero-order chi connectivity index (χ0) is 13.1. The van der Waals surface area contributed by atoms with Crippen molar-refractivity contribution in [1.82, 2.24) is 4.72 Å². The summed E-state index contributed by atoms with van der Waals surface area (Å²) in [6.07, 6.45) is 0.534. The van der Waals surface area contributed by atoms with Gasteiger partial charge in [0.15, 0.2) is 0 Å². The molecule has 0 heterocycles. The minimum Gasteiger partial charge on any atom is -0.211 e. The van der Waals surface area contributed by atoms with E-state index in [1.165, 1.54) is 12.1 Å². The molecule has 1 rings (SSSR count). The highest BCUT2D eigenvalue weighted by Crippen LogP contribution is 2.32. The first-order valence-corrected chi connectivity index (χ1v) is 8.15. The van der Waals surface area contributed by atoms with Crippen LogP contribution in [0.15, 0.2) is 21.5 Å². The molecule has 17 heavy (non-hydrogen) atoms. The summed E-state index contributed by atoms with van der Waals surface area (Å²) in [5.74, 6) is 0.379. The summed E-state index contributed by atoms with van der Waals surface area (Å²) in [5, 5.41) is 0.144. The third-order valence-corrected chi connectivity index (χ3v) is 4.94. The Kier molecular flexibility index (Phi) is 6.02. The van der Waals surface area contributed by atoms with Crippen molar-refractivity contribution in [1.29, 1.82) is 0 Å². The third-order valence-electron chi connectivity index (χ3n) is 1.83. The maximum absolute atomic E-state index is 11.9. The van der Waals surface area contributed by atoms with E-state index in [1.54, 1.807) is 0 Å². The molecule has 0 saturated heterocycles. The van der Waals surface area contributed by atoms with Gasteiger partial charge in [-0.05, 0) is 18.6 Å². The summed E-state index contributed by atoms with van der Waals surface area (Å²) >= 11 is 20.4. The Balaban J connectivity index is 3.07. The van der Waals surface area contributed by atoms with E-state index in [2.05, 4.69) is 20.7 Å². The van der Waals surface area contributed by atoms with E-state index in [9.17, 15) is 8.42 Å². The number of rotatable bonds is 5. The Morgan fingerprint density at radius 1 is 1.24 bits per heavy atom. The first-order valence-electron chi connectivity index (χ1n) is 4.58. The molecule has 96 valence electrons. The van der Waals surface area contributed by atoms with Crippen molar-refractivity contribution in [3.8, 4) is 0 Å². The van der Waals surface area contributed by atoms with Gasteiger partial charge in [0.1, 0.15) is 4.90 Å². The summed E-state index contributed by atoms with van der Waals surface area (Å²) in [6, 6.07) is 2.95. The summed E-state index contributed by atoms with van der Waals surface area (Å²) in [5.41, 5.74) is 0. The number of hydrogen-bond donors (Lipinski definition) is 1. The first-order chi connectivity index (χ1) is 7.88. The molecule has 3 nitrogen and oxygen atoms in total. The smallest absolute Gasteiger partial charge is 0.211 e. The van der Waals surface area contributed by atoms with Crippen molar-refractivity contribution in [2.24, 2.45) is 0 Å². The number of hydrogen-bond acceptors (Lipinski definition) is 2. The Hall–Kier alpha value is 0.480. The van der Waals surface area contributed by atoms with E-state index >= 15 is 0 Å². The number of halogens is 4. The van der Waals surface area contributed by atoms with Gasteiger partial charge in [0.05, 0.1) is 10.0 Å². The highest BCUT2D eigenvalue weighted by atomic mass is 79.9. The maximum atomic E-state index is 11.9. The summed E-state index contributed by atoms with van der Waals surface area (Å²) in [6.45, 7) is 0.245. The second-order valence-corrected chi connectivity index (χ2v) is 6.95. The van der Waals surface area contributed by atoms with Gasteiger partial charge in [0, 0.05) is 16.9 Å². The van der Waals surface area contributed by atoms with Gasteiger partial charge in [0.25, 0.3) is 0 Å². The van der Waals surface area contributed by atoms with Crippen molar-refractivity contribution in [2.75, 3.05) is 12.4 Å². The summed E-state index contributed by atoms with van der Waals surface area (Å²) < 4.78 is 26.8. The molecule has 0 aromatic heterocycles. The molecule has 0 amide bonds. The van der Waals surface area contributed by atoms with Crippen LogP contribution in [-0.2, 0) is 10.0 Å². The molecule has 0 bridgehead atoms. The first kappa shape index (κ1) is 15.5. The van der Waals surface area contributed by atoms with E-state index in [-0.39, 0.29) is 21.5 Å². The number of sulfonamides is 1. The van der Waals surface area contributed by atoms with E-state index in [0.29, 0.717) is 16.8 Å². The van der Waals surface area contributed by atoms with Gasteiger partial charge in [-0.25, -0.2) is 13.1 Å². The molecule has 0 radical (unpaired) electrons. The van der Waals surface area contributed by atoms with Crippen LogP contribution >= 0.6 is 50.7 Å². The molecule has 0 aliphatic carbocycles. The lowest BCUT2D eigenvalue weighted by molar-refractivity contribution is 0.581. The lowest BCUT2D eigenvalue weighted by atomic mass is 10.4. The van der Waals surface area contributed by atoms with Crippen LogP contribution in [0.4, 0.5) is 0 Å². The van der Waals surface area contributed by atoms with Crippen molar-refractivity contribution in [3.63, 3.8) is 0 Å². The molecule has 1 N–H and O–H groups in total. The Bertz CT molecular complexity index is 484. The largest absolute Gasteiger partial charge is 0.243 e. The lowest BCUT2D eigenvalue weighted by Gasteiger charge is -2.10. The Labute approximate surface area is 124 Å². The fourth-order valence-corrected chi connectivity index (χ4v) is 4.27. The van der Waals surface area contributed by atoms with Gasteiger partial charge in [0.2, 0.25) is 10.0 Å². The van der Waals surface area contributed by atoms with Gasteiger partial charge in [-0.3, -0.25) is 0 Å². The molecule has 0 aliphatic heterocycles. The average Bonchev–Trinajstić information content (AvgIpc) is 2.15. The van der Waals surface area contributed by atoms with Gasteiger partial charge >= 0.3 is 0 Å². The molecule has 0 aliphatic rings.